The van der Waals surface area contributed by atoms with Crippen LogP contribution in [0, 0.1) is 5.92 Å². The van der Waals surface area contributed by atoms with Crippen molar-refractivity contribution in [1.29, 1.82) is 0 Å². The molecule has 1 aromatic carbocycles. The van der Waals surface area contributed by atoms with Crippen LogP contribution in [0.5, 0.6) is 11.5 Å². The highest BCUT2D eigenvalue weighted by molar-refractivity contribution is 7.89. The summed E-state index contributed by atoms with van der Waals surface area (Å²) in [6.07, 6.45) is 0. The smallest absolute Gasteiger partial charge is 0.240 e. The predicted molar refractivity (Wildman–Crippen MR) is 80.2 cm³/mol. The maximum atomic E-state index is 12.2. The third kappa shape index (κ3) is 5.18. The van der Waals surface area contributed by atoms with E-state index in [1.807, 2.05) is 13.8 Å². The Balaban J connectivity index is 2.98. The minimum absolute atomic E-state index is 0.0734. The Kier molecular flexibility index (Phi) is 6.94. The second-order valence-electron chi connectivity index (χ2n) is 4.61. The van der Waals surface area contributed by atoms with Crippen molar-refractivity contribution >= 4 is 10.0 Å². The molecule has 0 saturated heterocycles. The topological polar surface area (TPSA) is 84.9 Å². The monoisotopic (exact) mass is 317 g/mol. The summed E-state index contributed by atoms with van der Waals surface area (Å²) >= 11 is 0. The standard InChI is InChI=1S/C14H23NO5S/c1-4-19-13-7-6-12(8-14(13)20-5-2)21(17,18)15-9-11(3)10-16/h6-8,11,15-16H,4-5,9-10H2,1-3H3. The number of sulfonamides is 1. The summed E-state index contributed by atoms with van der Waals surface area (Å²) in [5, 5.41) is 8.94. The number of hydrogen-bond donors (Lipinski definition) is 2. The van der Waals surface area contributed by atoms with Gasteiger partial charge in [-0.3, -0.25) is 0 Å². The lowest BCUT2D eigenvalue weighted by Gasteiger charge is -2.14. The lowest BCUT2D eigenvalue weighted by atomic mass is 10.2. The minimum atomic E-state index is -3.63. The molecule has 0 fully saturated rings. The Morgan fingerprint density at radius 2 is 1.81 bits per heavy atom. The summed E-state index contributed by atoms with van der Waals surface area (Å²) in [4.78, 5) is 0.111. The van der Waals surface area contributed by atoms with Gasteiger partial charge in [0.05, 0.1) is 18.1 Å². The fourth-order valence-corrected chi connectivity index (χ4v) is 2.78. The lowest BCUT2D eigenvalue weighted by Crippen LogP contribution is -2.29. The van der Waals surface area contributed by atoms with E-state index in [1.54, 1.807) is 13.0 Å². The molecule has 0 saturated carbocycles. The predicted octanol–water partition coefficient (Wildman–Crippen LogP) is 1.39. The highest BCUT2D eigenvalue weighted by Gasteiger charge is 2.18. The largest absolute Gasteiger partial charge is 0.490 e. The molecular formula is C14H23NO5S. The van der Waals surface area contributed by atoms with Gasteiger partial charge in [-0.1, -0.05) is 6.92 Å². The van der Waals surface area contributed by atoms with Crippen LogP contribution in [0.4, 0.5) is 0 Å². The molecule has 1 rings (SSSR count). The van der Waals surface area contributed by atoms with Crippen LogP contribution in [-0.4, -0.2) is 39.9 Å². The first-order valence-electron chi connectivity index (χ1n) is 6.94. The summed E-state index contributed by atoms with van der Waals surface area (Å²) in [6.45, 7) is 6.41. The molecule has 1 aromatic rings. The van der Waals surface area contributed by atoms with Gasteiger partial charge in [0, 0.05) is 19.2 Å². The average Bonchev–Trinajstić information content (AvgIpc) is 2.47. The van der Waals surface area contributed by atoms with Gasteiger partial charge in [0.1, 0.15) is 0 Å². The maximum absolute atomic E-state index is 12.2. The van der Waals surface area contributed by atoms with Crippen molar-refractivity contribution in [3.63, 3.8) is 0 Å². The van der Waals surface area contributed by atoms with Crippen molar-refractivity contribution in [1.82, 2.24) is 4.72 Å². The first kappa shape index (κ1) is 17.7. The van der Waals surface area contributed by atoms with Crippen LogP contribution in [0.2, 0.25) is 0 Å². The number of aliphatic hydroxyl groups excluding tert-OH is 1. The zero-order valence-electron chi connectivity index (χ0n) is 12.6. The first-order valence-corrected chi connectivity index (χ1v) is 8.43. The highest BCUT2D eigenvalue weighted by atomic mass is 32.2. The molecule has 1 atom stereocenters. The molecule has 0 aliphatic carbocycles. The molecule has 0 amide bonds. The van der Waals surface area contributed by atoms with Crippen LogP contribution >= 0.6 is 0 Å². The molecule has 0 spiro atoms. The second kappa shape index (κ2) is 8.21. The molecule has 0 aromatic heterocycles. The van der Waals surface area contributed by atoms with Gasteiger partial charge < -0.3 is 14.6 Å². The van der Waals surface area contributed by atoms with E-state index >= 15 is 0 Å². The van der Waals surface area contributed by atoms with Gasteiger partial charge in [-0.05, 0) is 31.9 Å². The Morgan fingerprint density at radius 3 is 2.38 bits per heavy atom. The molecule has 0 bridgehead atoms. The molecule has 0 heterocycles. The number of rotatable bonds is 9. The average molecular weight is 317 g/mol. The molecule has 6 nitrogen and oxygen atoms in total. The van der Waals surface area contributed by atoms with Crippen LogP contribution in [-0.2, 0) is 10.0 Å². The number of aliphatic hydroxyl groups is 1. The lowest BCUT2D eigenvalue weighted by molar-refractivity contribution is 0.238. The van der Waals surface area contributed by atoms with Crippen molar-refractivity contribution in [2.75, 3.05) is 26.4 Å². The van der Waals surface area contributed by atoms with Crippen LogP contribution in [0.15, 0.2) is 23.1 Å². The molecule has 0 aliphatic heterocycles. The van der Waals surface area contributed by atoms with Crippen LogP contribution < -0.4 is 14.2 Å². The molecule has 2 N–H and O–H groups in total. The molecular weight excluding hydrogens is 294 g/mol. The highest BCUT2D eigenvalue weighted by Crippen LogP contribution is 2.30. The van der Waals surface area contributed by atoms with Gasteiger partial charge in [0.2, 0.25) is 10.0 Å². The summed E-state index contributed by atoms with van der Waals surface area (Å²) < 4.78 is 37.7. The number of benzene rings is 1. The molecule has 0 aliphatic rings. The van der Waals surface area contributed by atoms with Gasteiger partial charge in [0.15, 0.2) is 11.5 Å². The van der Waals surface area contributed by atoms with Gasteiger partial charge in [-0.2, -0.15) is 0 Å². The fraction of sp³-hybridized carbons (Fsp3) is 0.571. The second-order valence-corrected chi connectivity index (χ2v) is 6.38. The van der Waals surface area contributed by atoms with E-state index in [0.29, 0.717) is 24.7 Å². The molecule has 120 valence electrons. The van der Waals surface area contributed by atoms with Crippen LogP contribution in [0.1, 0.15) is 20.8 Å². The van der Waals surface area contributed by atoms with Crippen LogP contribution in [0.3, 0.4) is 0 Å². The minimum Gasteiger partial charge on any atom is -0.490 e. The van der Waals surface area contributed by atoms with Crippen molar-refractivity contribution < 1.29 is 23.0 Å². The van der Waals surface area contributed by atoms with Crippen molar-refractivity contribution in [3.8, 4) is 11.5 Å². The van der Waals surface area contributed by atoms with E-state index in [2.05, 4.69) is 4.72 Å². The third-order valence-corrected chi connectivity index (χ3v) is 4.18. The van der Waals surface area contributed by atoms with Gasteiger partial charge >= 0.3 is 0 Å². The van der Waals surface area contributed by atoms with E-state index in [0.717, 1.165) is 0 Å². The molecule has 21 heavy (non-hydrogen) atoms. The zero-order valence-corrected chi connectivity index (χ0v) is 13.4. The number of hydrogen-bond acceptors (Lipinski definition) is 5. The summed E-state index contributed by atoms with van der Waals surface area (Å²) in [7, 11) is -3.63. The van der Waals surface area contributed by atoms with Crippen molar-refractivity contribution in [2.24, 2.45) is 5.92 Å². The van der Waals surface area contributed by atoms with Crippen LogP contribution in [0.25, 0.3) is 0 Å². The third-order valence-electron chi connectivity index (χ3n) is 2.76. The van der Waals surface area contributed by atoms with Crippen molar-refractivity contribution in [2.45, 2.75) is 25.7 Å². The fourth-order valence-electron chi connectivity index (χ4n) is 1.60. The SMILES string of the molecule is CCOc1ccc(S(=O)(=O)NCC(C)CO)cc1OCC. The Morgan fingerprint density at radius 1 is 1.19 bits per heavy atom. The van der Waals surface area contributed by atoms with E-state index in [9.17, 15) is 8.42 Å². The number of nitrogens with one attached hydrogen (secondary N) is 1. The van der Waals surface area contributed by atoms with Gasteiger partial charge in [-0.15, -0.1) is 0 Å². The summed E-state index contributed by atoms with van der Waals surface area (Å²) in [6, 6.07) is 4.50. The summed E-state index contributed by atoms with van der Waals surface area (Å²) in [5.74, 6) is 0.772. The maximum Gasteiger partial charge on any atom is 0.240 e. The van der Waals surface area contributed by atoms with E-state index in [4.69, 9.17) is 14.6 Å². The van der Waals surface area contributed by atoms with E-state index < -0.39 is 10.0 Å². The zero-order chi connectivity index (χ0) is 15.9. The molecule has 0 radical (unpaired) electrons. The number of ether oxygens (including phenoxy) is 2. The van der Waals surface area contributed by atoms with Crippen molar-refractivity contribution in [3.05, 3.63) is 18.2 Å². The normalized spacial score (nSPS) is 13.0. The Bertz CT molecular complexity index is 544. The van der Waals surface area contributed by atoms with Gasteiger partial charge in [0.25, 0.3) is 0 Å². The van der Waals surface area contributed by atoms with E-state index in [-0.39, 0.29) is 24.0 Å². The van der Waals surface area contributed by atoms with Gasteiger partial charge in [-0.25, -0.2) is 13.1 Å². The molecule has 1 unspecified atom stereocenters. The Hall–Kier alpha value is -1.31. The Labute approximate surface area is 126 Å². The quantitative estimate of drug-likeness (QED) is 0.719. The van der Waals surface area contributed by atoms with E-state index in [1.165, 1.54) is 12.1 Å². The molecule has 7 heteroatoms. The summed E-state index contributed by atoms with van der Waals surface area (Å²) in [5.41, 5.74) is 0. The first-order chi connectivity index (χ1) is 9.94.